The van der Waals surface area contributed by atoms with Crippen LogP contribution in [0.1, 0.15) is 50.5 Å². The molecule has 1 aromatic heterocycles. The van der Waals surface area contributed by atoms with Crippen LogP contribution in [-0.2, 0) is 4.79 Å². The van der Waals surface area contributed by atoms with Crippen LogP contribution in [0.5, 0.6) is 0 Å². The first-order chi connectivity index (χ1) is 11.0. The van der Waals surface area contributed by atoms with Crippen molar-refractivity contribution < 1.29 is 9.59 Å². The Balaban J connectivity index is 1.62. The van der Waals surface area contributed by atoms with E-state index >= 15 is 0 Å². The van der Waals surface area contributed by atoms with E-state index in [0.29, 0.717) is 5.69 Å². The first-order valence-corrected chi connectivity index (χ1v) is 9.03. The maximum atomic E-state index is 13.0. The summed E-state index contributed by atoms with van der Waals surface area (Å²) in [7, 11) is 0. The number of nitrogens with zero attached hydrogens (tertiary/aromatic N) is 2. The Hall–Kier alpha value is -1.43. The van der Waals surface area contributed by atoms with Crippen LogP contribution in [-0.4, -0.2) is 22.5 Å². The van der Waals surface area contributed by atoms with Gasteiger partial charge >= 0.3 is 6.03 Å². The lowest BCUT2D eigenvalue weighted by atomic mass is 9.52. The third kappa shape index (κ3) is 2.14. The quantitative estimate of drug-likeness (QED) is 0.759. The largest absolute Gasteiger partial charge is 0.329 e. The molecule has 5 nitrogen and oxygen atoms in total. The smallest absolute Gasteiger partial charge is 0.323 e. The highest BCUT2D eigenvalue weighted by Crippen LogP contribution is 2.58. The summed E-state index contributed by atoms with van der Waals surface area (Å²) in [4.78, 5) is 30.9. The molecule has 2 saturated carbocycles. The molecule has 3 amide bonds. The number of aromatic nitrogens is 1. The molecule has 2 spiro atoms. The number of imide groups is 1. The lowest BCUT2D eigenvalue weighted by molar-refractivity contribution is -0.133. The molecular formula is C17H20BrN3O2. The van der Waals surface area contributed by atoms with Gasteiger partial charge in [-0.25, -0.2) is 9.69 Å². The number of rotatable bonds is 1. The lowest BCUT2D eigenvalue weighted by Gasteiger charge is -2.54. The van der Waals surface area contributed by atoms with Gasteiger partial charge < -0.3 is 5.32 Å². The molecular weight excluding hydrogens is 358 g/mol. The normalized spacial score (nSPS) is 24.9. The maximum Gasteiger partial charge on any atom is 0.329 e. The second-order valence-electron chi connectivity index (χ2n) is 7.33. The van der Waals surface area contributed by atoms with E-state index in [1.54, 1.807) is 12.4 Å². The van der Waals surface area contributed by atoms with E-state index in [-0.39, 0.29) is 17.4 Å². The van der Waals surface area contributed by atoms with Crippen LogP contribution < -0.4 is 10.2 Å². The minimum Gasteiger partial charge on any atom is -0.323 e. The zero-order valence-corrected chi connectivity index (χ0v) is 14.8. The van der Waals surface area contributed by atoms with Gasteiger partial charge in [-0.05, 0) is 59.5 Å². The van der Waals surface area contributed by atoms with Crippen LogP contribution in [0, 0.1) is 12.3 Å². The third-order valence-electron chi connectivity index (χ3n) is 5.80. The molecule has 4 rings (SSSR count). The molecule has 1 saturated heterocycles. The summed E-state index contributed by atoms with van der Waals surface area (Å²) in [5.41, 5.74) is 1.03. The van der Waals surface area contributed by atoms with Crippen molar-refractivity contribution in [2.24, 2.45) is 5.41 Å². The number of pyridine rings is 1. The Kier molecular flexibility index (Phi) is 3.31. The molecule has 0 atom stereocenters. The van der Waals surface area contributed by atoms with Crippen LogP contribution in [0.25, 0.3) is 0 Å². The molecule has 0 unspecified atom stereocenters. The fourth-order valence-corrected chi connectivity index (χ4v) is 5.00. The van der Waals surface area contributed by atoms with Crippen LogP contribution in [0.15, 0.2) is 16.9 Å². The fourth-order valence-electron chi connectivity index (χ4n) is 4.68. The van der Waals surface area contributed by atoms with Crippen molar-refractivity contribution in [2.45, 2.75) is 57.4 Å². The lowest BCUT2D eigenvalue weighted by Crippen LogP contribution is -2.62. The van der Waals surface area contributed by atoms with Crippen molar-refractivity contribution in [3.8, 4) is 0 Å². The standard InChI is InChI=1S/C17H20BrN3O2/c1-11-12(18)7-19-8-13(11)21-14(22)17(20-15(21)23)9-16(10-17)5-3-2-4-6-16/h7-8H,2-6,9-10H2,1H3,(H,20,23). The fraction of sp³-hybridized carbons (Fsp3) is 0.588. The highest BCUT2D eigenvalue weighted by Gasteiger charge is 2.64. The van der Waals surface area contributed by atoms with Crippen molar-refractivity contribution in [3.63, 3.8) is 0 Å². The summed E-state index contributed by atoms with van der Waals surface area (Å²) < 4.78 is 0.800. The Labute approximate surface area is 144 Å². The predicted octanol–water partition coefficient (Wildman–Crippen LogP) is 3.69. The van der Waals surface area contributed by atoms with Gasteiger partial charge in [-0.3, -0.25) is 9.78 Å². The molecule has 1 aromatic rings. The van der Waals surface area contributed by atoms with E-state index in [1.165, 1.54) is 37.0 Å². The van der Waals surface area contributed by atoms with E-state index in [2.05, 4.69) is 26.2 Å². The van der Waals surface area contributed by atoms with Gasteiger partial charge in [0, 0.05) is 10.7 Å². The molecule has 6 heteroatoms. The van der Waals surface area contributed by atoms with Crippen molar-refractivity contribution >= 4 is 33.6 Å². The van der Waals surface area contributed by atoms with Gasteiger partial charge in [-0.2, -0.15) is 0 Å². The number of amides is 3. The van der Waals surface area contributed by atoms with Crippen molar-refractivity contribution in [1.29, 1.82) is 0 Å². The van der Waals surface area contributed by atoms with Crippen molar-refractivity contribution in [1.82, 2.24) is 10.3 Å². The topological polar surface area (TPSA) is 62.3 Å². The van der Waals surface area contributed by atoms with E-state index in [4.69, 9.17) is 0 Å². The molecule has 0 bridgehead atoms. The van der Waals surface area contributed by atoms with Gasteiger partial charge in [0.1, 0.15) is 5.54 Å². The highest BCUT2D eigenvalue weighted by molar-refractivity contribution is 9.10. The number of urea groups is 1. The SMILES string of the molecule is Cc1c(Br)cncc1N1C(=O)NC2(CC3(CCCCC3)C2)C1=O. The third-order valence-corrected chi connectivity index (χ3v) is 6.60. The van der Waals surface area contributed by atoms with Crippen LogP contribution >= 0.6 is 15.9 Å². The summed E-state index contributed by atoms with van der Waals surface area (Å²) in [6, 6.07) is -0.316. The van der Waals surface area contributed by atoms with Gasteiger partial charge in [0.05, 0.1) is 11.9 Å². The van der Waals surface area contributed by atoms with Gasteiger partial charge in [-0.15, -0.1) is 0 Å². The Morgan fingerprint density at radius 3 is 2.57 bits per heavy atom. The molecule has 3 aliphatic rings. The monoisotopic (exact) mass is 377 g/mol. The predicted molar refractivity (Wildman–Crippen MR) is 90.2 cm³/mol. The van der Waals surface area contributed by atoms with Gasteiger partial charge in [0.2, 0.25) is 0 Å². The van der Waals surface area contributed by atoms with E-state index in [1.807, 2.05) is 6.92 Å². The van der Waals surface area contributed by atoms with Crippen LogP contribution in [0.3, 0.4) is 0 Å². The molecule has 2 aliphatic carbocycles. The Bertz CT molecular complexity index is 689. The maximum absolute atomic E-state index is 13.0. The van der Waals surface area contributed by atoms with Crippen molar-refractivity contribution in [3.05, 3.63) is 22.4 Å². The average Bonchev–Trinajstić information content (AvgIpc) is 2.74. The summed E-state index contributed by atoms with van der Waals surface area (Å²) in [6.07, 6.45) is 11.0. The molecule has 2 heterocycles. The zero-order valence-electron chi connectivity index (χ0n) is 13.2. The van der Waals surface area contributed by atoms with Gasteiger partial charge in [0.15, 0.2) is 0 Å². The van der Waals surface area contributed by atoms with Crippen molar-refractivity contribution in [2.75, 3.05) is 4.90 Å². The Morgan fingerprint density at radius 2 is 1.87 bits per heavy atom. The van der Waals surface area contributed by atoms with Crippen LogP contribution in [0.2, 0.25) is 0 Å². The Morgan fingerprint density at radius 1 is 1.17 bits per heavy atom. The van der Waals surface area contributed by atoms with E-state index in [0.717, 1.165) is 22.9 Å². The number of anilines is 1. The first kappa shape index (κ1) is 15.1. The minimum absolute atomic E-state index is 0.110. The first-order valence-electron chi connectivity index (χ1n) is 8.23. The van der Waals surface area contributed by atoms with Gasteiger partial charge in [-0.1, -0.05) is 19.3 Å². The number of hydrogen-bond donors (Lipinski definition) is 1. The molecule has 0 aromatic carbocycles. The van der Waals surface area contributed by atoms with Gasteiger partial charge in [0.25, 0.3) is 5.91 Å². The molecule has 0 radical (unpaired) electrons. The number of nitrogens with one attached hydrogen (secondary N) is 1. The average molecular weight is 378 g/mol. The summed E-state index contributed by atoms with van der Waals surface area (Å²) >= 11 is 3.42. The van der Waals surface area contributed by atoms with E-state index < -0.39 is 5.54 Å². The zero-order chi connectivity index (χ0) is 16.2. The second-order valence-corrected chi connectivity index (χ2v) is 8.19. The van der Waals surface area contributed by atoms with E-state index in [9.17, 15) is 9.59 Å². The number of carbonyl (C=O) groups excluding carboxylic acids is 2. The second kappa shape index (κ2) is 5.03. The number of hydrogen-bond acceptors (Lipinski definition) is 3. The highest BCUT2D eigenvalue weighted by atomic mass is 79.9. The molecule has 1 aliphatic heterocycles. The minimum atomic E-state index is -0.677. The molecule has 23 heavy (non-hydrogen) atoms. The molecule has 122 valence electrons. The van der Waals surface area contributed by atoms with Crippen LogP contribution in [0.4, 0.5) is 10.5 Å². The molecule has 3 fully saturated rings. The summed E-state index contributed by atoms with van der Waals surface area (Å²) in [6.45, 7) is 1.88. The number of carbonyl (C=O) groups is 2. The number of halogens is 1. The summed E-state index contributed by atoms with van der Waals surface area (Å²) in [5.74, 6) is -0.110. The molecule has 1 N–H and O–H groups in total. The summed E-state index contributed by atoms with van der Waals surface area (Å²) in [5, 5.41) is 2.98.